The molecule has 0 fully saturated rings. The molecule has 11 aromatic rings. The molecule has 10 aromatic carbocycles. The van der Waals surface area contributed by atoms with E-state index in [1.54, 1.807) is 0 Å². The molecule has 0 aliphatic carbocycles. The van der Waals surface area contributed by atoms with Crippen LogP contribution in [0, 0.1) is 0 Å². The zero-order chi connectivity index (χ0) is 38.4. The molecule has 0 saturated heterocycles. The normalized spacial score (nSPS) is 11.4. The van der Waals surface area contributed by atoms with Crippen molar-refractivity contribution in [3.05, 3.63) is 231 Å². The van der Waals surface area contributed by atoms with Crippen molar-refractivity contribution in [3.8, 4) is 39.1 Å². The lowest BCUT2D eigenvalue weighted by molar-refractivity contribution is 1.17. The molecule has 1 aromatic heterocycles. The minimum atomic E-state index is 1.08. The number of rotatable bonds is 7. The van der Waals surface area contributed by atoms with E-state index in [0.29, 0.717) is 0 Å². The van der Waals surface area contributed by atoms with Crippen LogP contribution in [0.4, 0.5) is 17.1 Å². The molecule has 1 heterocycles. The van der Waals surface area contributed by atoms with Gasteiger partial charge in [0.25, 0.3) is 0 Å². The number of anilines is 3. The van der Waals surface area contributed by atoms with Crippen LogP contribution >= 0.6 is 0 Å². The quantitative estimate of drug-likeness (QED) is 0.158. The van der Waals surface area contributed by atoms with Gasteiger partial charge < -0.3 is 9.47 Å². The molecule has 0 aliphatic heterocycles. The Balaban J connectivity index is 1.20. The zero-order valence-electron chi connectivity index (χ0n) is 31.8. The summed E-state index contributed by atoms with van der Waals surface area (Å²) in [7, 11) is 0. The first kappa shape index (κ1) is 33.6. The molecule has 0 aliphatic rings. The van der Waals surface area contributed by atoms with Gasteiger partial charge in [-0.15, -0.1) is 0 Å². The van der Waals surface area contributed by atoms with Crippen molar-refractivity contribution in [2.45, 2.75) is 0 Å². The minimum Gasteiger partial charge on any atom is -0.308 e. The lowest BCUT2D eigenvalue weighted by Gasteiger charge is -2.30. The molecule has 2 heteroatoms. The second-order valence-corrected chi connectivity index (χ2v) is 14.9. The maximum absolute atomic E-state index is 2.48. The Kier molecular flexibility index (Phi) is 8.19. The first-order chi connectivity index (χ1) is 28.8. The molecule has 272 valence electrons. The molecule has 11 rings (SSSR count). The smallest absolute Gasteiger partial charge is 0.0782 e. The van der Waals surface area contributed by atoms with Gasteiger partial charge in [-0.2, -0.15) is 0 Å². The van der Waals surface area contributed by atoms with Crippen LogP contribution in [-0.4, -0.2) is 4.57 Å². The molecular formula is C56H38N2. The van der Waals surface area contributed by atoms with Crippen LogP contribution in [-0.2, 0) is 0 Å². The van der Waals surface area contributed by atoms with Gasteiger partial charge in [-0.1, -0.05) is 188 Å². The number of hydrogen-bond acceptors (Lipinski definition) is 1. The van der Waals surface area contributed by atoms with E-state index in [0.717, 1.165) is 33.8 Å². The summed E-state index contributed by atoms with van der Waals surface area (Å²) in [5, 5.41) is 7.39. The van der Waals surface area contributed by atoms with Gasteiger partial charge in [0.1, 0.15) is 0 Å². The Labute approximate surface area is 338 Å². The van der Waals surface area contributed by atoms with Crippen LogP contribution in [0.2, 0.25) is 0 Å². The molecule has 0 saturated carbocycles. The van der Waals surface area contributed by atoms with Crippen molar-refractivity contribution in [3.63, 3.8) is 0 Å². The third-order valence-electron chi connectivity index (χ3n) is 11.6. The molecule has 2 nitrogen and oxygen atoms in total. The van der Waals surface area contributed by atoms with Crippen LogP contribution in [0.3, 0.4) is 0 Å². The number of nitrogens with zero attached hydrogens (tertiary/aromatic N) is 2. The highest BCUT2D eigenvalue weighted by Crippen LogP contribution is 2.48. The second-order valence-electron chi connectivity index (χ2n) is 14.9. The standard InChI is InChI=1S/C56H38N2/c1-3-17-40(18-4-1)47-29-14-21-42-22-15-30-50(55(42)47)48-26-9-11-32-52(48)57(44-37-35-41(36-38-44)46-28-13-20-39-19-7-8-25-45(39)46)54-34-16-31-51-49-27-10-12-33-53(49)58(56(51)54)43-23-5-2-6-24-43/h1-38H. The average Bonchev–Trinajstić information content (AvgIpc) is 3.65. The van der Waals surface area contributed by atoms with Crippen molar-refractivity contribution in [1.29, 1.82) is 0 Å². The average molecular weight is 739 g/mol. The molecule has 0 bridgehead atoms. The Morgan fingerprint density at radius 3 is 1.66 bits per heavy atom. The summed E-state index contributed by atoms with van der Waals surface area (Å²) in [5.41, 5.74) is 14.0. The van der Waals surface area contributed by atoms with Crippen molar-refractivity contribution in [1.82, 2.24) is 4.57 Å². The minimum absolute atomic E-state index is 1.08. The molecule has 0 amide bonds. The van der Waals surface area contributed by atoms with Crippen LogP contribution < -0.4 is 4.90 Å². The van der Waals surface area contributed by atoms with E-state index in [4.69, 9.17) is 0 Å². The maximum atomic E-state index is 2.48. The third kappa shape index (κ3) is 5.57. The number of benzene rings is 10. The predicted molar refractivity (Wildman–Crippen MR) is 247 cm³/mol. The van der Waals surface area contributed by atoms with Gasteiger partial charge in [-0.3, -0.25) is 0 Å². The van der Waals surface area contributed by atoms with Crippen molar-refractivity contribution >= 4 is 60.4 Å². The van der Waals surface area contributed by atoms with E-state index in [9.17, 15) is 0 Å². The van der Waals surface area contributed by atoms with Crippen molar-refractivity contribution in [2.75, 3.05) is 4.90 Å². The third-order valence-corrected chi connectivity index (χ3v) is 11.6. The van der Waals surface area contributed by atoms with Crippen LogP contribution in [0.25, 0.3) is 82.4 Å². The molecule has 0 atom stereocenters. The monoisotopic (exact) mass is 738 g/mol. The number of aromatic nitrogens is 1. The second kappa shape index (κ2) is 14.1. The van der Waals surface area contributed by atoms with Crippen molar-refractivity contribution in [2.24, 2.45) is 0 Å². The molecule has 0 unspecified atom stereocenters. The molecule has 0 radical (unpaired) electrons. The van der Waals surface area contributed by atoms with E-state index >= 15 is 0 Å². The molecule has 0 N–H and O–H groups in total. The van der Waals surface area contributed by atoms with Gasteiger partial charge in [0.2, 0.25) is 0 Å². The first-order valence-electron chi connectivity index (χ1n) is 19.9. The van der Waals surface area contributed by atoms with E-state index < -0.39 is 0 Å². The summed E-state index contributed by atoms with van der Waals surface area (Å²) in [4.78, 5) is 2.48. The maximum Gasteiger partial charge on any atom is 0.0782 e. The summed E-state index contributed by atoms with van der Waals surface area (Å²) in [5.74, 6) is 0. The summed E-state index contributed by atoms with van der Waals surface area (Å²) in [6, 6.07) is 83.7. The molecule has 58 heavy (non-hydrogen) atoms. The molecule has 0 spiro atoms. The topological polar surface area (TPSA) is 8.17 Å². The summed E-state index contributed by atoms with van der Waals surface area (Å²) >= 11 is 0. The Hall–Kier alpha value is -7.68. The van der Waals surface area contributed by atoms with Gasteiger partial charge >= 0.3 is 0 Å². The Morgan fingerprint density at radius 2 is 0.845 bits per heavy atom. The lowest BCUT2D eigenvalue weighted by Crippen LogP contribution is -2.13. The summed E-state index contributed by atoms with van der Waals surface area (Å²) in [6.07, 6.45) is 0. The van der Waals surface area contributed by atoms with E-state index in [1.807, 2.05) is 0 Å². The van der Waals surface area contributed by atoms with Gasteiger partial charge in [0, 0.05) is 27.7 Å². The number of hydrogen-bond donors (Lipinski definition) is 0. The highest BCUT2D eigenvalue weighted by atomic mass is 15.2. The number of fused-ring (bicyclic) bond motifs is 5. The highest BCUT2D eigenvalue weighted by molar-refractivity contribution is 6.15. The predicted octanol–water partition coefficient (Wildman–Crippen LogP) is 15.6. The highest BCUT2D eigenvalue weighted by Gasteiger charge is 2.24. The van der Waals surface area contributed by atoms with Gasteiger partial charge in [0.15, 0.2) is 0 Å². The van der Waals surface area contributed by atoms with Gasteiger partial charge in [-0.25, -0.2) is 0 Å². The molecular weight excluding hydrogens is 701 g/mol. The van der Waals surface area contributed by atoms with Crippen LogP contribution in [0.15, 0.2) is 231 Å². The largest absolute Gasteiger partial charge is 0.308 e. The van der Waals surface area contributed by atoms with E-state index in [2.05, 4.69) is 240 Å². The Morgan fingerprint density at radius 1 is 0.310 bits per heavy atom. The first-order valence-corrected chi connectivity index (χ1v) is 19.9. The zero-order valence-corrected chi connectivity index (χ0v) is 31.8. The van der Waals surface area contributed by atoms with Gasteiger partial charge in [0.05, 0.1) is 22.4 Å². The van der Waals surface area contributed by atoms with E-state index in [1.165, 1.54) is 65.7 Å². The summed E-state index contributed by atoms with van der Waals surface area (Å²) < 4.78 is 2.44. The summed E-state index contributed by atoms with van der Waals surface area (Å²) in [6.45, 7) is 0. The van der Waals surface area contributed by atoms with Crippen LogP contribution in [0.5, 0.6) is 0 Å². The fraction of sp³-hybridized carbons (Fsp3) is 0. The fourth-order valence-corrected chi connectivity index (χ4v) is 9.02. The van der Waals surface area contributed by atoms with E-state index in [-0.39, 0.29) is 0 Å². The van der Waals surface area contributed by atoms with Crippen molar-refractivity contribution < 1.29 is 0 Å². The SMILES string of the molecule is c1ccc(-c2cccc3cccc(-c4ccccc4N(c4ccc(-c5cccc6ccccc56)cc4)c4cccc5c6ccccc6n(-c6ccccc6)c45)c23)cc1. The van der Waals surface area contributed by atoms with Crippen LogP contribution in [0.1, 0.15) is 0 Å². The lowest BCUT2D eigenvalue weighted by atomic mass is 9.90. The Bertz CT molecular complexity index is 3260. The van der Waals surface area contributed by atoms with Gasteiger partial charge in [-0.05, 0) is 91.8 Å². The fourth-order valence-electron chi connectivity index (χ4n) is 9.02. The number of para-hydroxylation sites is 4.